The van der Waals surface area contributed by atoms with Crippen molar-refractivity contribution in [2.45, 2.75) is 0 Å². The summed E-state index contributed by atoms with van der Waals surface area (Å²) in [5.74, 6) is 0. The van der Waals surface area contributed by atoms with E-state index in [2.05, 4.69) is 28.2 Å². The highest BCUT2D eigenvalue weighted by atomic mass is 32.1. The van der Waals surface area contributed by atoms with E-state index >= 15 is 0 Å². The second-order valence-electron chi connectivity index (χ2n) is 3.18. The van der Waals surface area contributed by atoms with Crippen LogP contribution in [-0.4, -0.2) is 40.4 Å². The second kappa shape index (κ2) is 6.92. The maximum Gasteiger partial charge on any atom is 0.112 e. The van der Waals surface area contributed by atoms with Gasteiger partial charge in [-0.05, 0) is 0 Å². The second-order valence-corrected chi connectivity index (χ2v) is 4.07. The van der Waals surface area contributed by atoms with E-state index in [1.807, 2.05) is 12.2 Å². The summed E-state index contributed by atoms with van der Waals surface area (Å²) in [6.07, 6.45) is 5.32. The van der Waals surface area contributed by atoms with E-state index in [1.54, 1.807) is 11.7 Å². The van der Waals surface area contributed by atoms with Crippen molar-refractivity contribution in [3.05, 3.63) is 41.9 Å². The maximum absolute atomic E-state index is 8.97. The molecule has 0 saturated carbocycles. The Morgan fingerprint density at radius 3 is 2.62 bits per heavy atom. The average molecular weight is 237 g/mol. The third-order valence-corrected chi connectivity index (χ3v) is 2.81. The van der Waals surface area contributed by atoms with Crippen molar-refractivity contribution in [2.75, 3.05) is 19.6 Å². The fraction of sp³-hybridized carbons (Fsp3) is 0.273. The van der Waals surface area contributed by atoms with Crippen LogP contribution >= 0.6 is 11.3 Å². The van der Waals surface area contributed by atoms with E-state index in [0.29, 0.717) is 12.3 Å². The minimum absolute atomic E-state index is 0.552. The Morgan fingerprint density at radius 2 is 2.19 bits per heavy atom. The first kappa shape index (κ1) is 12.6. The molecule has 0 bridgehead atoms. The topological polar surface area (TPSA) is 48.7 Å². The highest BCUT2D eigenvalue weighted by Gasteiger charge is 2.10. The fourth-order valence-corrected chi connectivity index (χ4v) is 1.90. The van der Waals surface area contributed by atoms with Gasteiger partial charge in [0.1, 0.15) is 5.71 Å². The summed E-state index contributed by atoms with van der Waals surface area (Å²) < 4.78 is 0. The molecule has 0 aliphatic rings. The number of aromatic nitrogens is 1. The summed E-state index contributed by atoms with van der Waals surface area (Å²) in [4.78, 5) is 6.90. The molecule has 0 aliphatic carbocycles. The highest BCUT2D eigenvalue weighted by Crippen LogP contribution is 2.08. The van der Waals surface area contributed by atoms with Crippen molar-refractivity contribution in [1.29, 1.82) is 0 Å². The summed E-state index contributed by atoms with van der Waals surface area (Å²) in [7, 11) is 0. The van der Waals surface area contributed by atoms with Gasteiger partial charge in [0.2, 0.25) is 0 Å². The zero-order valence-corrected chi connectivity index (χ0v) is 9.86. The summed E-state index contributed by atoms with van der Waals surface area (Å²) in [6, 6.07) is 0. The Balaban J connectivity index is 2.68. The molecule has 0 atom stereocenters. The van der Waals surface area contributed by atoms with Crippen LogP contribution in [0.5, 0.6) is 0 Å². The molecule has 1 heterocycles. The minimum atomic E-state index is 0.552. The summed E-state index contributed by atoms with van der Waals surface area (Å²) in [5.41, 5.74) is 2.33. The number of oxime groups is 1. The molecule has 1 rings (SSSR count). The SMILES string of the molecule is C=CCN(CC=C)CC(=NO)c1cncs1. The van der Waals surface area contributed by atoms with Crippen molar-refractivity contribution in [2.24, 2.45) is 5.16 Å². The van der Waals surface area contributed by atoms with E-state index in [1.165, 1.54) is 11.3 Å². The molecule has 4 nitrogen and oxygen atoms in total. The Kier molecular flexibility index (Phi) is 5.45. The number of thiazole rings is 1. The fourth-order valence-electron chi connectivity index (χ4n) is 1.30. The van der Waals surface area contributed by atoms with Gasteiger partial charge in [-0.2, -0.15) is 0 Å². The molecular formula is C11H15N3OS. The van der Waals surface area contributed by atoms with Gasteiger partial charge in [0.25, 0.3) is 0 Å². The third-order valence-electron chi connectivity index (χ3n) is 1.99. The Bertz CT molecular complexity index is 349. The van der Waals surface area contributed by atoms with Crippen LogP contribution in [0.4, 0.5) is 0 Å². The smallest absolute Gasteiger partial charge is 0.112 e. The maximum atomic E-state index is 8.97. The largest absolute Gasteiger partial charge is 0.411 e. The van der Waals surface area contributed by atoms with Crippen molar-refractivity contribution in [3.63, 3.8) is 0 Å². The number of hydrogen-bond acceptors (Lipinski definition) is 5. The monoisotopic (exact) mass is 237 g/mol. The predicted molar refractivity (Wildman–Crippen MR) is 67.3 cm³/mol. The van der Waals surface area contributed by atoms with E-state index in [0.717, 1.165) is 18.0 Å². The number of rotatable bonds is 7. The molecule has 1 aromatic heterocycles. The molecule has 86 valence electrons. The predicted octanol–water partition coefficient (Wildman–Crippen LogP) is 2.00. The summed E-state index contributed by atoms with van der Waals surface area (Å²) >= 11 is 1.45. The standard InChI is InChI=1S/C11H15N3OS/c1-3-5-14(6-4-2)8-10(13-15)11-7-12-9-16-11/h3-4,7,9,15H,1-2,5-6,8H2. The molecule has 1 aromatic rings. The van der Waals surface area contributed by atoms with E-state index < -0.39 is 0 Å². The molecule has 0 aromatic carbocycles. The lowest BCUT2D eigenvalue weighted by atomic mass is 10.3. The lowest BCUT2D eigenvalue weighted by Crippen LogP contribution is -2.30. The van der Waals surface area contributed by atoms with Crippen LogP contribution in [0.25, 0.3) is 0 Å². The third kappa shape index (κ3) is 3.60. The lowest BCUT2D eigenvalue weighted by Gasteiger charge is -2.18. The first-order chi connectivity index (χ1) is 7.81. The average Bonchev–Trinajstić information content (AvgIpc) is 2.79. The van der Waals surface area contributed by atoms with Gasteiger partial charge in [-0.3, -0.25) is 9.88 Å². The molecule has 0 saturated heterocycles. The number of nitrogens with zero attached hydrogens (tertiary/aromatic N) is 3. The molecule has 16 heavy (non-hydrogen) atoms. The van der Waals surface area contributed by atoms with Crippen LogP contribution in [-0.2, 0) is 0 Å². The molecule has 0 unspecified atom stereocenters. The Labute approximate surface area is 99.2 Å². The van der Waals surface area contributed by atoms with Crippen molar-refractivity contribution < 1.29 is 5.21 Å². The molecule has 0 radical (unpaired) electrons. The van der Waals surface area contributed by atoms with Gasteiger partial charge < -0.3 is 5.21 Å². The van der Waals surface area contributed by atoms with Crippen LogP contribution in [0, 0.1) is 0 Å². The normalized spacial score (nSPS) is 11.7. The van der Waals surface area contributed by atoms with Crippen LogP contribution in [0.2, 0.25) is 0 Å². The molecule has 0 fully saturated rings. The van der Waals surface area contributed by atoms with Gasteiger partial charge in [0, 0.05) is 25.8 Å². The lowest BCUT2D eigenvalue weighted by molar-refractivity contribution is 0.311. The summed E-state index contributed by atoms with van der Waals surface area (Å²) in [5, 5.41) is 12.3. The van der Waals surface area contributed by atoms with Gasteiger partial charge >= 0.3 is 0 Å². The molecular weight excluding hydrogens is 222 g/mol. The van der Waals surface area contributed by atoms with Crippen LogP contribution in [0.3, 0.4) is 0 Å². The van der Waals surface area contributed by atoms with Crippen LogP contribution in [0.15, 0.2) is 42.2 Å². The van der Waals surface area contributed by atoms with Crippen LogP contribution in [0.1, 0.15) is 4.88 Å². The molecule has 0 amide bonds. The van der Waals surface area contributed by atoms with Crippen molar-refractivity contribution >= 4 is 17.0 Å². The van der Waals surface area contributed by atoms with Gasteiger partial charge in [-0.15, -0.1) is 24.5 Å². The van der Waals surface area contributed by atoms with Gasteiger partial charge in [0.05, 0.1) is 10.4 Å². The number of hydrogen-bond donors (Lipinski definition) is 1. The minimum Gasteiger partial charge on any atom is -0.411 e. The van der Waals surface area contributed by atoms with E-state index in [-0.39, 0.29) is 0 Å². The van der Waals surface area contributed by atoms with Gasteiger partial charge in [-0.25, -0.2) is 0 Å². The molecule has 5 heteroatoms. The molecule has 0 aliphatic heterocycles. The van der Waals surface area contributed by atoms with Crippen molar-refractivity contribution in [1.82, 2.24) is 9.88 Å². The molecule has 1 N–H and O–H groups in total. The Hall–Kier alpha value is -1.46. The van der Waals surface area contributed by atoms with Crippen LogP contribution < -0.4 is 0 Å². The highest BCUT2D eigenvalue weighted by molar-refractivity contribution is 7.11. The van der Waals surface area contributed by atoms with Crippen molar-refractivity contribution in [3.8, 4) is 0 Å². The van der Waals surface area contributed by atoms with E-state index in [4.69, 9.17) is 5.21 Å². The van der Waals surface area contributed by atoms with Gasteiger partial charge in [-0.1, -0.05) is 17.3 Å². The first-order valence-corrected chi connectivity index (χ1v) is 5.73. The molecule has 0 spiro atoms. The zero-order valence-electron chi connectivity index (χ0n) is 9.04. The van der Waals surface area contributed by atoms with Gasteiger partial charge in [0.15, 0.2) is 0 Å². The first-order valence-electron chi connectivity index (χ1n) is 4.85. The summed E-state index contributed by atoms with van der Waals surface area (Å²) in [6.45, 7) is 9.39. The quantitative estimate of drug-likeness (QED) is 0.341. The zero-order chi connectivity index (χ0) is 11.8. The Morgan fingerprint density at radius 1 is 1.50 bits per heavy atom. The van der Waals surface area contributed by atoms with E-state index in [9.17, 15) is 0 Å².